The van der Waals surface area contributed by atoms with Crippen LogP contribution in [0, 0.1) is 0 Å². The zero-order valence-electron chi connectivity index (χ0n) is 9.87. The quantitative estimate of drug-likeness (QED) is 0.933. The van der Waals surface area contributed by atoms with E-state index in [-0.39, 0.29) is 9.92 Å². The molecule has 0 atom stereocenters. The monoisotopic (exact) mass is 299 g/mol. The summed E-state index contributed by atoms with van der Waals surface area (Å²) in [6, 6.07) is 4.48. The van der Waals surface area contributed by atoms with Crippen molar-refractivity contribution in [1.82, 2.24) is 9.97 Å². The highest BCUT2D eigenvalue weighted by Crippen LogP contribution is 2.22. The van der Waals surface area contributed by atoms with Gasteiger partial charge in [-0.3, -0.25) is 9.71 Å². The minimum Gasteiger partial charge on any atom is -0.481 e. The molecular weight excluding hydrogens is 290 g/mol. The van der Waals surface area contributed by atoms with Crippen molar-refractivity contribution in [2.45, 2.75) is 4.90 Å². The lowest BCUT2D eigenvalue weighted by Gasteiger charge is -2.08. The molecular formula is C11H10ClN3O3S. The predicted molar refractivity (Wildman–Crippen MR) is 70.8 cm³/mol. The van der Waals surface area contributed by atoms with E-state index in [4.69, 9.17) is 16.3 Å². The van der Waals surface area contributed by atoms with E-state index in [0.717, 1.165) is 0 Å². The third-order valence-corrected chi connectivity index (χ3v) is 4.07. The lowest BCUT2D eigenvalue weighted by Crippen LogP contribution is -2.13. The highest BCUT2D eigenvalue weighted by Gasteiger charge is 2.18. The molecule has 0 saturated carbocycles. The Kier molecular flexibility index (Phi) is 3.87. The van der Waals surface area contributed by atoms with Crippen LogP contribution in [-0.2, 0) is 10.0 Å². The van der Waals surface area contributed by atoms with Crippen molar-refractivity contribution in [2.24, 2.45) is 0 Å². The molecule has 0 aliphatic carbocycles. The molecule has 6 nitrogen and oxygen atoms in total. The summed E-state index contributed by atoms with van der Waals surface area (Å²) >= 11 is 5.83. The second kappa shape index (κ2) is 5.41. The summed E-state index contributed by atoms with van der Waals surface area (Å²) in [7, 11) is -2.32. The predicted octanol–water partition coefficient (Wildman–Crippen LogP) is 1.94. The molecule has 0 aromatic carbocycles. The zero-order chi connectivity index (χ0) is 13.9. The maximum absolute atomic E-state index is 12.1. The average molecular weight is 300 g/mol. The average Bonchev–Trinajstić information content (AvgIpc) is 2.39. The molecule has 2 heterocycles. The van der Waals surface area contributed by atoms with Crippen molar-refractivity contribution in [2.75, 3.05) is 11.8 Å². The molecule has 100 valence electrons. The third-order valence-electron chi connectivity index (χ3n) is 2.22. The van der Waals surface area contributed by atoms with Gasteiger partial charge in [0.1, 0.15) is 4.90 Å². The van der Waals surface area contributed by atoms with E-state index in [9.17, 15) is 8.42 Å². The van der Waals surface area contributed by atoms with Crippen LogP contribution in [0.1, 0.15) is 0 Å². The van der Waals surface area contributed by atoms with Crippen LogP contribution in [0.2, 0.25) is 5.02 Å². The maximum atomic E-state index is 12.1. The molecule has 0 spiro atoms. The van der Waals surface area contributed by atoms with Crippen LogP contribution in [0.3, 0.4) is 0 Å². The molecule has 0 aliphatic rings. The number of hydrogen-bond donors (Lipinski definition) is 1. The molecule has 0 bridgehead atoms. The Morgan fingerprint density at radius 3 is 2.63 bits per heavy atom. The molecule has 0 saturated heterocycles. The number of hydrogen-bond acceptors (Lipinski definition) is 5. The SMILES string of the molecule is COc1ccc(NS(=O)(=O)c2cnccc2Cl)cn1. The van der Waals surface area contributed by atoms with Crippen molar-refractivity contribution < 1.29 is 13.2 Å². The van der Waals surface area contributed by atoms with Crippen LogP contribution in [-0.4, -0.2) is 25.5 Å². The van der Waals surface area contributed by atoms with Crippen molar-refractivity contribution in [3.8, 4) is 5.88 Å². The highest BCUT2D eigenvalue weighted by molar-refractivity contribution is 7.92. The summed E-state index contributed by atoms with van der Waals surface area (Å²) in [5.74, 6) is 0.391. The Morgan fingerprint density at radius 1 is 1.26 bits per heavy atom. The molecule has 2 rings (SSSR count). The summed E-state index contributed by atoms with van der Waals surface area (Å²) in [6.07, 6.45) is 3.94. The number of nitrogens with one attached hydrogen (secondary N) is 1. The van der Waals surface area contributed by atoms with Gasteiger partial charge in [0.25, 0.3) is 10.0 Å². The zero-order valence-corrected chi connectivity index (χ0v) is 11.4. The van der Waals surface area contributed by atoms with Crippen LogP contribution in [0.15, 0.2) is 41.7 Å². The largest absolute Gasteiger partial charge is 0.481 e. The van der Waals surface area contributed by atoms with Gasteiger partial charge in [0, 0.05) is 18.5 Å². The Balaban J connectivity index is 2.28. The van der Waals surface area contributed by atoms with Gasteiger partial charge in [-0.1, -0.05) is 11.6 Å². The van der Waals surface area contributed by atoms with Crippen LogP contribution >= 0.6 is 11.6 Å². The number of methoxy groups -OCH3 is 1. The van der Waals surface area contributed by atoms with Crippen LogP contribution < -0.4 is 9.46 Å². The van der Waals surface area contributed by atoms with Crippen molar-refractivity contribution >= 4 is 27.3 Å². The number of pyridine rings is 2. The Morgan fingerprint density at radius 2 is 2.05 bits per heavy atom. The van der Waals surface area contributed by atoms with Crippen LogP contribution in [0.4, 0.5) is 5.69 Å². The van der Waals surface area contributed by atoms with Gasteiger partial charge >= 0.3 is 0 Å². The minimum absolute atomic E-state index is 0.0903. The van der Waals surface area contributed by atoms with E-state index in [1.165, 1.54) is 37.8 Å². The molecule has 8 heteroatoms. The molecule has 1 N–H and O–H groups in total. The molecule has 0 aliphatic heterocycles. The van der Waals surface area contributed by atoms with Crippen molar-refractivity contribution in [1.29, 1.82) is 0 Å². The smallest absolute Gasteiger partial charge is 0.264 e. The van der Waals surface area contributed by atoms with E-state index in [1.54, 1.807) is 6.07 Å². The van der Waals surface area contributed by atoms with E-state index < -0.39 is 10.0 Å². The summed E-state index contributed by atoms with van der Waals surface area (Å²) in [6.45, 7) is 0. The van der Waals surface area contributed by atoms with Gasteiger partial charge in [-0.15, -0.1) is 0 Å². The second-order valence-corrected chi connectivity index (χ2v) is 5.56. The maximum Gasteiger partial charge on any atom is 0.264 e. The van der Waals surface area contributed by atoms with Crippen LogP contribution in [0.5, 0.6) is 5.88 Å². The summed E-state index contributed by atoms with van der Waals surface area (Å²) in [4.78, 5) is 7.55. The Labute approximate surface area is 115 Å². The number of sulfonamides is 1. The lowest BCUT2D eigenvalue weighted by molar-refractivity contribution is 0.398. The van der Waals surface area contributed by atoms with E-state index in [0.29, 0.717) is 11.6 Å². The van der Waals surface area contributed by atoms with E-state index in [2.05, 4.69) is 14.7 Å². The molecule has 19 heavy (non-hydrogen) atoms. The summed E-state index contributed by atoms with van der Waals surface area (Å²) < 4.78 is 31.4. The number of nitrogens with zero attached hydrogens (tertiary/aromatic N) is 2. The van der Waals surface area contributed by atoms with Gasteiger partial charge in [0.15, 0.2) is 0 Å². The number of halogens is 1. The first kappa shape index (κ1) is 13.6. The molecule has 0 unspecified atom stereocenters. The number of rotatable bonds is 4. The normalized spacial score (nSPS) is 11.1. The first-order valence-corrected chi connectivity index (χ1v) is 7.01. The summed E-state index contributed by atoms with van der Waals surface area (Å²) in [5, 5.41) is 0.101. The highest BCUT2D eigenvalue weighted by atomic mass is 35.5. The fraction of sp³-hybridized carbons (Fsp3) is 0.0909. The van der Waals surface area contributed by atoms with Crippen molar-refractivity contribution in [3.63, 3.8) is 0 Å². The fourth-order valence-electron chi connectivity index (χ4n) is 1.33. The molecule has 0 fully saturated rings. The molecule has 2 aromatic heterocycles. The van der Waals surface area contributed by atoms with Gasteiger partial charge in [0.05, 0.1) is 24.0 Å². The Hall–Kier alpha value is -1.86. The van der Waals surface area contributed by atoms with Crippen LogP contribution in [0.25, 0.3) is 0 Å². The topological polar surface area (TPSA) is 81.2 Å². The first-order valence-electron chi connectivity index (χ1n) is 5.15. The standard InChI is InChI=1S/C11H10ClN3O3S/c1-18-11-3-2-8(6-14-11)15-19(16,17)10-7-13-5-4-9(10)12/h2-7,15H,1H3. The number of ether oxygens (including phenoxy) is 1. The van der Waals surface area contributed by atoms with Gasteiger partial charge in [-0.05, 0) is 12.1 Å². The van der Waals surface area contributed by atoms with E-state index >= 15 is 0 Å². The first-order chi connectivity index (χ1) is 9.03. The molecule has 0 radical (unpaired) electrons. The minimum atomic E-state index is -3.79. The third kappa shape index (κ3) is 3.12. The number of aromatic nitrogens is 2. The van der Waals surface area contributed by atoms with Gasteiger partial charge in [-0.2, -0.15) is 0 Å². The van der Waals surface area contributed by atoms with Gasteiger partial charge in [-0.25, -0.2) is 13.4 Å². The van der Waals surface area contributed by atoms with Gasteiger partial charge in [0.2, 0.25) is 5.88 Å². The number of anilines is 1. The molecule has 2 aromatic rings. The van der Waals surface area contributed by atoms with Gasteiger partial charge < -0.3 is 4.74 Å². The molecule has 0 amide bonds. The second-order valence-electron chi connectivity index (χ2n) is 3.50. The Bertz CT molecular complexity index is 674. The fourth-order valence-corrected chi connectivity index (χ4v) is 2.81. The van der Waals surface area contributed by atoms with E-state index in [1.807, 2.05) is 0 Å². The summed E-state index contributed by atoms with van der Waals surface area (Å²) in [5.41, 5.74) is 0.306. The lowest BCUT2D eigenvalue weighted by atomic mass is 10.4. The van der Waals surface area contributed by atoms with Crippen molar-refractivity contribution in [3.05, 3.63) is 41.8 Å².